The lowest BCUT2D eigenvalue weighted by Crippen LogP contribution is -2.51. The first kappa shape index (κ1) is 31.6. The van der Waals surface area contributed by atoms with Crippen LogP contribution in [0.1, 0.15) is 25.3 Å². The number of rotatable bonds is 7. The zero-order chi connectivity index (χ0) is 26.8. The highest BCUT2D eigenvalue weighted by molar-refractivity contribution is 6.30. The molecule has 0 saturated carbocycles. The fourth-order valence-corrected chi connectivity index (χ4v) is 5.15. The van der Waals surface area contributed by atoms with Crippen LogP contribution in [0.15, 0.2) is 60.9 Å². The Labute approximate surface area is 249 Å². The standard InChI is InChI=1S/C29H30ClF2N5O.2ClH/c1-18(2)34-17-26(19-3-5-21(30)6-4-19)29(38)37-11-9-36(10-12-37)27-24-7-8-33-28(24)35-16-25(27)20-13-22(31)15-23(32)14-20;;/h3-8,13-16,18,26,34H,9-12,17H2,1-2H3,(H,33,35);2*1H/t26-;;/m1../s1. The molecule has 2 aromatic heterocycles. The van der Waals surface area contributed by atoms with E-state index in [2.05, 4.69) is 34.0 Å². The van der Waals surface area contributed by atoms with Crippen LogP contribution in [0.25, 0.3) is 22.2 Å². The summed E-state index contributed by atoms with van der Waals surface area (Å²) in [5.41, 5.74) is 3.55. The molecule has 40 heavy (non-hydrogen) atoms. The minimum absolute atomic E-state index is 0. The number of nitrogens with zero attached hydrogens (tertiary/aromatic N) is 3. The molecule has 1 fully saturated rings. The van der Waals surface area contributed by atoms with Crippen LogP contribution in [0.2, 0.25) is 5.02 Å². The van der Waals surface area contributed by atoms with Crippen LogP contribution in [0, 0.1) is 11.6 Å². The Kier molecular flexibility index (Phi) is 10.8. The predicted molar refractivity (Wildman–Crippen MR) is 162 cm³/mol. The van der Waals surface area contributed by atoms with Gasteiger partial charge in [-0.1, -0.05) is 37.6 Å². The number of piperazine rings is 1. The topological polar surface area (TPSA) is 64.3 Å². The second-order valence-corrected chi connectivity index (χ2v) is 10.3. The maximum atomic E-state index is 14.1. The highest BCUT2D eigenvalue weighted by Crippen LogP contribution is 2.37. The van der Waals surface area contributed by atoms with Crippen molar-refractivity contribution in [2.24, 2.45) is 0 Å². The van der Waals surface area contributed by atoms with E-state index in [1.54, 1.807) is 12.4 Å². The average Bonchev–Trinajstić information content (AvgIpc) is 3.37. The number of benzene rings is 2. The second-order valence-electron chi connectivity index (χ2n) is 9.90. The number of fused-ring (bicyclic) bond motifs is 1. The van der Waals surface area contributed by atoms with Crippen LogP contribution in [-0.4, -0.2) is 59.5 Å². The summed E-state index contributed by atoms with van der Waals surface area (Å²) in [7, 11) is 0. The molecule has 5 rings (SSSR count). The fourth-order valence-electron chi connectivity index (χ4n) is 5.02. The zero-order valence-corrected chi connectivity index (χ0v) is 24.6. The summed E-state index contributed by atoms with van der Waals surface area (Å²) >= 11 is 6.09. The molecule has 1 saturated heterocycles. The highest BCUT2D eigenvalue weighted by atomic mass is 35.5. The number of aromatic nitrogens is 2. The van der Waals surface area contributed by atoms with E-state index in [1.807, 2.05) is 35.2 Å². The van der Waals surface area contributed by atoms with Gasteiger partial charge in [-0.2, -0.15) is 0 Å². The lowest BCUT2D eigenvalue weighted by Gasteiger charge is -2.38. The predicted octanol–water partition coefficient (Wildman–Crippen LogP) is 6.44. The number of carbonyl (C=O) groups is 1. The Morgan fingerprint density at radius 1 is 1.02 bits per heavy atom. The lowest BCUT2D eigenvalue weighted by molar-refractivity contribution is -0.133. The molecule has 0 bridgehead atoms. The molecule has 1 aliphatic heterocycles. The van der Waals surface area contributed by atoms with Crippen LogP contribution in [0.5, 0.6) is 0 Å². The number of H-pyrrole nitrogens is 1. The van der Waals surface area contributed by atoms with Crippen LogP contribution < -0.4 is 10.2 Å². The van der Waals surface area contributed by atoms with Gasteiger partial charge in [-0.15, -0.1) is 24.8 Å². The Morgan fingerprint density at radius 2 is 1.68 bits per heavy atom. The summed E-state index contributed by atoms with van der Waals surface area (Å²) in [5, 5.41) is 4.90. The van der Waals surface area contributed by atoms with Gasteiger partial charge in [-0.05, 0) is 41.5 Å². The fraction of sp³-hybridized carbons (Fsp3) is 0.310. The van der Waals surface area contributed by atoms with Crippen molar-refractivity contribution in [1.29, 1.82) is 0 Å². The summed E-state index contributed by atoms with van der Waals surface area (Å²) in [5.74, 6) is -1.55. The summed E-state index contributed by atoms with van der Waals surface area (Å²) in [4.78, 5) is 25.4. The smallest absolute Gasteiger partial charge is 0.231 e. The van der Waals surface area contributed by atoms with E-state index in [1.165, 1.54) is 12.1 Å². The monoisotopic (exact) mass is 609 g/mol. The molecule has 4 aromatic rings. The maximum absolute atomic E-state index is 14.1. The molecule has 2 aromatic carbocycles. The molecule has 6 nitrogen and oxygen atoms in total. The van der Waals surface area contributed by atoms with E-state index < -0.39 is 11.6 Å². The minimum atomic E-state index is -0.640. The highest BCUT2D eigenvalue weighted by Gasteiger charge is 2.30. The maximum Gasteiger partial charge on any atom is 0.231 e. The summed E-state index contributed by atoms with van der Waals surface area (Å²) in [6.07, 6.45) is 3.45. The Balaban J connectivity index is 0.00000220. The van der Waals surface area contributed by atoms with E-state index >= 15 is 0 Å². The van der Waals surface area contributed by atoms with Gasteiger partial charge >= 0.3 is 0 Å². The van der Waals surface area contributed by atoms with E-state index in [4.69, 9.17) is 11.6 Å². The number of nitrogens with one attached hydrogen (secondary N) is 2. The van der Waals surface area contributed by atoms with Gasteiger partial charge in [0.15, 0.2) is 0 Å². The number of anilines is 1. The number of carbonyl (C=O) groups excluding carboxylic acids is 1. The molecular weight excluding hydrogens is 579 g/mol. The number of pyridine rings is 1. The number of hydrogen-bond acceptors (Lipinski definition) is 4. The molecule has 0 unspecified atom stereocenters. The van der Waals surface area contributed by atoms with E-state index in [0.717, 1.165) is 22.7 Å². The third-order valence-corrected chi connectivity index (χ3v) is 7.19. The number of amides is 1. The quantitative estimate of drug-likeness (QED) is 0.253. The first-order valence-electron chi connectivity index (χ1n) is 12.8. The molecule has 2 N–H and O–H groups in total. The minimum Gasteiger partial charge on any atom is -0.367 e. The van der Waals surface area contributed by atoms with E-state index in [9.17, 15) is 13.6 Å². The second kappa shape index (κ2) is 13.6. The van der Waals surface area contributed by atoms with Crippen molar-refractivity contribution in [3.05, 3.63) is 83.1 Å². The van der Waals surface area contributed by atoms with Gasteiger partial charge in [-0.3, -0.25) is 4.79 Å². The van der Waals surface area contributed by atoms with Crippen molar-refractivity contribution >= 4 is 59.0 Å². The Bertz CT molecular complexity index is 1420. The van der Waals surface area contributed by atoms with E-state index in [-0.39, 0.29) is 42.7 Å². The molecule has 1 amide bonds. The van der Waals surface area contributed by atoms with Gasteiger partial charge in [0.2, 0.25) is 5.91 Å². The summed E-state index contributed by atoms with van der Waals surface area (Å²) in [6, 6.07) is 13.1. The van der Waals surface area contributed by atoms with Gasteiger partial charge in [0.25, 0.3) is 0 Å². The number of halogens is 5. The van der Waals surface area contributed by atoms with Crippen LogP contribution >= 0.6 is 36.4 Å². The zero-order valence-electron chi connectivity index (χ0n) is 22.2. The van der Waals surface area contributed by atoms with E-state index in [0.29, 0.717) is 54.5 Å². The van der Waals surface area contributed by atoms with Crippen molar-refractivity contribution < 1.29 is 13.6 Å². The molecule has 0 aliphatic carbocycles. The van der Waals surface area contributed by atoms with Crippen LogP contribution in [0.3, 0.4) is 0 Å². The third-order valence-electron chi connectivity index (χ3n) is 6.94. The largest absolute Gasteiger partial charge is 0.367 e. The first-order chi connectivity index (χ1) is 18.3. The van der Waals surface area contributed by atoms with Gasteiger partial charge in [0, 0.05) is 73.2 Å². The van der Waals surface area contributed by atoms with Gasteiger partial charge in [-0.25, -0.2) is 13.8 Å². The molecule has 0 spiro atoms. The Morgan fingerprint density at radius 3 is 2.30 bits per heavy atom. The van der Waals surface area contributed by atoms with Crippen molar-refractivity contribution in [3.63, 3.8) is 0 Å². The summed E-state index contributed by atoms with van der Waals surface area (Å²) < 4.78 is 28.2. The molecule has 214 valence electrons. The Hall–Kier alpha value is -2.91. The number of hydrogen-bond donors (Lipinski definition) is 2. The SMILES string of the molecule is CC(C)NC[C@@H](C(=O)N1CCN(c2c(-c3cc(F)cc(F)c3)cnc3[nH]ccc23)CC1)c1ccc(Cl)cc1.Cl.Cl. The van der Waals surface area contributed by atoms with Crippen molar-refractivity contribution in [2.75, 3.05) is 37.6 Å². The average molecular weight is 611 g/mol. The molecular formula is C29H32Cl3F2N5O. The van der Waals surface area contributed by atoms with Crippen molar-refractivity contribution in [3.8, 4) is 11.1 Å². The van der Waals surface area contributed by atoms with Gasteiger partial charge in [0.1, 0.15) is 17.3 Å². The molecule has 11 heteroatoms. The third kappa shape index (κ3) is 6.86. The van der Waals surface area contributed by atoms with Gasteiger partial charge in [0.05, 0.1) is 11.6 Å². The lowest BCUT2D eigenvalue weighted by atomic mass is 9.96. The normalized spacial score (nSPS) is 14.2. The van der Waals surface area contributed by atoms with Crippen LogP contribution in [-0.2, 0) is 4.79 Å². The first-order valence-corrected chi connectivity index (χ1v) is 13.1. The molecule has 0 radical (unpaired) electrons. The number of aromatic amines is 1. The molecule has 1 aliphatic rings. The molecule has 1 atom stereocenters. The van der Waals surface area contributed by atoms with Crippen LogP contribution in [0.4, 0.5) is 14.5 Å². The molecule has 3 heterocycles. The van der Waals surface area contributed by atoms with Gasteiger partial charge < -0.3 is 20.1 Å². The van der Waals surface area contributed by atoms with Crippen molar-refractivity contribution in [2.45, 2.75) is 25.8 Å². The van der Waals surface area contributed by atoms with Crippen molar-refractivity contribution in [1.82, 2.24) is 20.2 Å². The summed E-state index contributed by atoms with van der Waals surface area (Å²) in [6.45, 7) is 6.84.